The third-order valence-corrected chi connectivity index (χ3v) is 6.38. The van der Waals surface area contributed by atoms with Crippen molar-refractivity contribution >= 4 is 35.0 Å². The largest absolute Gasteiger partial charge is 0.388 e. The fourth-order valence-corrected chi connectivity index (χ4v) is 5.02. The molecule has 2 aliphatic heterocycles. The van der Waals surface area contributed by atoms with E-state index in [-0.39, 0.29) is 16.7 Å². The summed E-state index contributed by atoms with van der Waals surface area (Å²) in [5.74, 6) is -0.685. The van der Waals surface area contributed by atoms with E-state index in [1.165, 1.54) is 23.9 Å². The van der Waals surface area contributed by atoms with Gasteiger partial charge < -0.3 is 25.1 Å². The van der Waals surface area contributed by atoms with Gasteiger partial charge in [-0.15, -0.1) is 0 Å². The summed E-state index contributed by atoms with van der Waals surface area (Å²) in [6.07, 6.45) is -2.54. The summed E-state index contributed by atoms with van der Waals surface area (Å²) in [6, 6.07) is 11.7. The van der Waals surface area contributed by atoms with Crippen molar-refractivity contribution in [1.29, 1.82) is 0 Å². The number of hydrogen-bond donors (Lipinski definition) is 2. The first-order valence-electron chi connectivity index (χ1n) is 8.66. The predicted molar refractivity (Wildman–Crippen MR) is 105 cm³/mol. The molecule has 2 aromatic carbocycles. The van der Waals surface area contributed by atoms with E-state index in [9.17, 15) is 9.50 Å². The molecule has 28 heavy (non-hydrogen) atoms. The maximum atomic E-state index is 13.6. The van der Waals surface area contributed by atoms with Crippen molar-refractivity contribution < 1.29 is 23.7 Å². The smallest absolute Gasteiger partial charge is 0.184 e. The number of aliphatic hydroxyl groups excluding tert-OH is 1. The lowest BCUT2D eigenvalue weighted by molar-refractivity contribution is -0.297. The highest BCUT2D eigenvalue weighted by Gasteiger charge is 2.48. The van der Waals surface area contributed by atoms with Gasteiger partial charge in [-0.3, -0.25) is 0 Å². The molecule has 0 radical (unpaired) electrons. The summed E-state index contributed by atoms with van der Waals surface area (Å²) >= 11 is 12.9. The van der Waals surface area contributed by atoms with E-state index in [1.54, 1.807) is 0 Å². The average Bonchev–Trinajstić information content (AvgIpc) is 2.70. The third-order valence-electron chi connectivity index (χ3n) is 4.70. The van der Waals surface area contributed by atoms with E-state index < -0.39 is 41.9 Å². The van der Waals surface area contributed by atoms with Crippen LogP contribution in [0.25, 0.3) is 0 Å². The zero-order valence-electron chi connectivity index (χ0n) is 14.5. The van der Waals surface area contributed by atoms with Gasteiger partial charge >= 0.3 is 0 Å². The molecule has 6 unspecified atom stereocenters. The summed E-state index contributed by atoms with van der Waals surface area (Å²) in [5, 5.41) is 10.5. The quantitative estimate of drug-likeness (QED) is 0.700. The highest BCUT2D eigenvalue weighted by Crippen LogP contribution is 2.39. The first-order valence-corrected chi connectivity index (χ1v) is 10.3. The number of benzene rings is 2. The number of fused-ring (bicyclic) bond motifs is 1. The van der Waals surface area contributed by atoms with Gasteiger partial charge in [0.05, 0.1) is 22.7 Å². The van der Waals surface area contributed by atoms with Crippen molar-refractivity contribution in [2.75, 3.05) is 6.61 Å². The lowest BCUT2D eigenvalue weighted by Crippen LogP contribution is -2.64. The molecule has 0 bridgehead atoms. The number of nitrogens with two attached hydrogens (primary N) is 1. The Kier molecular flexibility index (Phi) is 6.15. The Hall–Kier alpha value is -0.900. The van der Waals surface area contributed by atoms with Crippen molar-refractivity contribution in [3.05, 3.63) is 63.9 Å². The summed E-state index contributed by atoms with van der Waals surface area (Å²) in [7, 11) is 0. The molecule has 2 fully saturated rings. The Morgan fingerprint density at radius 1 is 1.11 bits per heavy atom. The van der Waals surface area contributed by atoms with Crippen LogP contribution in [0.2, 0.25) is 10.0 Å². The molecule has 0 saturated carbocycles. The molecule has 9 heteroatoms. The van der Waals surface area contributed by atoms with E-state index in [1.807, 2.05) is 30.3 Å². The average molecular weight is 446 g/mol. The minimum absolute atomic E-state index is 0.0995. The predicted octanol–water partition coefficient (Wildman–Crippen LogP) is 3.75. The van der Waals surface area contributed by atoms with Gasteiger partial charge in [0.2, 0.25) is 0 Å². The molecule has 3 N–H and O–H groups in total. The van der Waals surface area contributed by atoms with Crippen LogP contribution in [-0.2, 0) is 14.2 Å². The second kappa shape index (κ2) is 8.45. The number of halogens is 3. The number of hydrogen-bond acceptors (Lipinski definition) is 6. The molecule has 2 aromatic rings. The Balaban J connectivity index is 1.48. The number of aliphatic hydroxyl groups is 1. The molecule has 0 spiro atoms. The first-order chi connectivity index (χ1) is 13.4. The molecule has 0 aliphatic carbocycles. The lowest BCUT2D eigenvalue weighted by atomic mass is 9.97. The molecule has 150 valence electrons. The molecule has 5 nitrogen and oxygen atoms in total. The second-order valence-corrected chi connectivity index (χ2v) is 8.59. The van der Waals surface area contributed by atoms with Crippen LogP contribution in [0.5, 0.6) is 0 Å². The van der Waals surface area contributed by atoms with Gasteiger partial charge in [0.15, 0.2) is 12.1 Å². The second-order valence-electron chi connectivity index (χ2n) is 6.61. The lowest BCUT2D eigenvalue weighted by Gasteiger charge is -2.47. The molecule has 2 heterocycles. The first kappa shape index (κ1) is 20.4. The van der Waals surface area contributed by atoms with E-state index in [0.29, 0.717) is 4.90 Å². The van der Waals surface area contributed by atoms with Crippen molar-refractivity contribution in [1.82, 2.24) is 0 Å². The van der Waals surface area contributed by atoms with Crippen LogP contribution in [0.3, 0.4) is 0 Å². The molecule has 2 saturated heterocycles. The minimum Gasteiger partial charge on any atom is -0.388 e. The Labute approximate surface area is 175 Å². The zero-order chi connectivity index (χ0) is 19.8. The van der Waals surface area contributed by atoms with Crippen LogP contribution in [0.4, 0.5) is 4.39 Å². The molecule has 2 aliphatic rings. The molecule has 0 amide bonds. The number of rotatable bonds is 3. The Bertz CT molecular complexity index is 821. The fraction of sp³-hybridized carbons (Fsp3) is 0.368. The maximum absolute atomic E-state index is 13.6. The molecule has 4 rings (SSSR count). The van der Waals surface area contributed by atoms with Gasteiger partial charge in [0.25, 0.3) is 0 Å². The van der Waals surface area contributed by atoms with Crippen LogP contribution in [0, 0.1) is 5.82 Å². The summed E-state index contributed by atoms with van der Waals surface area (Å²) < 4.78 is 31.4. The highest BCUT2D eigenvalue weighted by atomic mass is 35.5. The zero-order valence-corrected chi connectivity index (χ0v) is 16.8. The molecule has 6 atom stereocenters. The van der Waals surface area contributed by atoms with Crippen LogP contribution < -0.4 is 5.73 Å². The third kappa shape index (κ3) is 4.04. The maximum Gasteiger partial charge on any atom is 0.184 e. The van der Waals surface area contributed by atoms with Crippen molar-refractivity contribution in [2.24, 2.45) is 5.73 Å². The fourth-order valence-electron chi connectivity index (χ4n) is 3.25. The standard InChI is InChI=1S/C19H18Cl2FNO4S/c20-11-6-10(7-12(21)14(11)22)28-19-16(24)15(23)17-13(26-19)8-25-18(27-17)9-4-2-1-3-5-9/h1-7,13,15-19,24H,8,23H2. The van der Waals surface area contributed by atoms with Gasteiger partial charge in [-0.1, -0.05) is 65.3 Å². The SMILES string of the molecule is NC1C(O)C(Sc2cc(Cl)c(F)c(Cl)c2)OC2COC(c3ccccc3)OC21. The van der Waals surface area contributed by atoms with Gasteiger partial charge in [0, 0.05) is 10.5 Å². The van der Waals surface area contributed by atoms with Crippen LogP contribution >= 0.6 is 35.0 Å². The van der Waals surface area contributed by atoms with Crippen LogP contribution in [0.1, 0.15) is 11.9 Å². The van der Waals surface area contributed by atoms with E-state index in [0.717, 1.165) is 5.56 Å². The van der Waals surface area contributed by atoms with Crippen LogP contribution in [-0.4, -0.2) is 41.5 Å². The van der Waals surface area contributed by atoms with Gasteiger partial charge in [0.1, 0.15) is 23.7 Å². The topological polar surface area (TPSA) is 73.9 Å². The van der Waals surface area contributed by atoms with Crippen molar-refractivity contribution in [3.8, 4) is 0 Å². The van der Waals surface area contributed by atoms with E-state index in [2.05, 4.69) is 0 Å². The van der Waals surface area contributed by atoms with Gasteiger partial charge in [-0.25, -0.2) is 4.39 Å². The van der Waals surface area contributed by atoms with Gasteiger partial charge in [-0.05, 0) is 12.1 Å². The number of thioether (sulfide) groups is 1. The Morgan fingerprint density at radius 2 is 1.79 bits per heavy atom. The van der Waals surface area contributed by atoms with Crippen LogP contribution in [0.15, 0.2) is 47.4 Å². The molecule has 0 aromatic heterocycles. The Morgan fingerprint density at radius 3 is 2.46 bits per heavy atom. The monoisotopic (exact) mass is 445 g/mol. The molecular formula is C19H18Cl2FNO4S. The van der Waals surface area contributed by atoms with E-state index in [4.69, 9.17) is 43.1 Å². The summed E-state index contributed by atoms with van der Waals surface area (Å²) in [6.45, 7) is 0.270. The summed E-state index contributed by atoms with van der Waals surface area (Å²) in [4.78, 5) is 0.561. The highest BCUT2D eigenvalue weighted by molar-refractivity contribution is 7.99. The molecular weight excluding hydrogens is 428 g/mol. The van der Waals surface area contributed by atoms with Gasteiger partial charge in [-0.2, -0.15) is 0 Å². The van der Waals surface area contributed by atoms with Crippen molar-refractivity contribution in [3.63, 3.8) is 0 Å². The number of ether oxygens (including phenoxy) is 3. The van der Waals surface area contributed by atoms with Crippen molar-refractivity contribution in [2.45, 2.75) is 41.0 Å². The normalized spacial score (nSPS) is 32.8. The minimum atomic E-state index is -1.01. The van der Waals surface area contributed by atoms with E-state index >= 15 is 0 Å². The summed E-state index contributed by atoms with van der Waals surface area (Å²) in [5.41, 5.74) is 6.44.